The lowest BCUT2D eigenvalue weighted by atomic mass is 10.2. The molecule has 1 aliphatic heterocycles. The zero-order valence-corrected chi connectivity index (χ0v) is 13.8. The van der Waals surface area contributed by atoms with Gasteiger partial charge < -0.3 is 15.0 Å². The van der Waals surface area contributed by atoms with E-state index < -0.39 is 6.09 Å². The van der Waals surface area contributed by atoms with E-state index in [1.165, 1.54) is 12.8 Å². The van der Waals surface area contributed by atoms with E-state index in [0.717, 1.165) is 30.2 Å². The van der Waals surface area contributed by atoms with Crippen molar-refractivity contribution in [3.05, 3.63) is 59.8 Å². The number of aromatic nitrogens is 1. The predicted molar refractivity (Wildman–Crippen MR) is 94.0 cm³/mol. The number of anilines is 1. The van der Waals surface area contributed by atoms with Crippen LogP contribution in [0.5, 0.6) is 0 Å². The summed E-state index contributed by atoms with van der Waals surface area (Å²) in [6.07, 6.45) is 2.78. The highest BCUT2D eigenvalue weighted by Crippen LogP contribution is 2.17. The number of rotatable bonds is 6. The molecule has 0 saturated carbocycles. The van der Waals surface area contributed by atoms with Gasteiger partial charge >= 0.3 is 6.09 Å². The SMILES string of the molecule is O=C(NCCc1cccc(N2CCCC2)n1)OCc1ccccc1. The molecule has 0 unspecified atom stereocenters. The van der Waals surface area contributed by atoms with Gasteiger partial charge in [0.25, 0.3) is 0 Å². The topological polar surface area (TPSA) is 54.5 Å². The summed E-state index contributed by atoms with van der Waals surface area (Å²) < 4.78 is 5.19. The quantitative estimate of drug-likeness (QED) is 0.886. The van der Waals surface area contributed by atoms with Crippen molar-refractivity contribution in [3.63, 3.8) is 0 Å². The first-order valence-corrected chi connectivity index (χ1v) is 8.47. The van der Waals surface area contributed by atoms with Gasteiger partial charge in [0.15, 0.2) is 0 Å². The summed E-state index contributed by atoms with van der Waals surface area (Å²) in [5.74, 6) is 1.04. The molecule has 3 rings (SSSR count). The lowest BCUT2D eigenvalue weighted by molar-refractivity contribution is 0.140. The van der Waals surface area contributed by atoms with E-state index in [-0.39, 0.29) is 6.61 Å². The average molecular weight is 325 g/mol. The van der Waals surface area contributed by atoms with E-state index in [4.69, 9.17) is 4.74 Å². The Balaban J connectivity index is 1.41. The van der Waals surface area contributed by atoms with Crippen molar-refractivity contribution in [3.8, 4) is 0 Å². The van der Waals surface area contributed by atoms with Crippen LogP contribution in [0.3, 0.4) is 0 Å². The number of pyridine rings is 1. The van der Waals surface area contributed by atoms with Gasteiger partial charge in [0.1, 0.15) is 12.4 Å². The van der Waals surface area contributed by atoms with Gasteiger partial charge in [-0.15, -0.1) is 0 Å². The lowest BCUT2D eigenvalue weighted by Gasteiger charge is -2.16. The summed E-state index contributed by atoms with van der Waals surface area (Å²) in [5.41, 5.74) is 1.97. The van der Waals surface area contributed by atoms with Gasteiger partial charge in [-0.1, -0.05) is 36.4 Å². The molecule has 2 aromatic rings. The molecule has 1 N–H and O–H groups in total. The minimum atomic E-state index is -0.394. The van der Waals surface area contributed by atoms with Gasteiger partial charge in [-0.25, -0.2) is 9.78 Å². The van der Waals surface area contributed by atoms with Gasteiger partial charge in [0.05, 0.1) is 0 Å². The zero-order valence-electron chi connectivity index (χ0n) is 13.8. The summed E-state index contributed by atoms with van der Waals surface area (Å²) in [6.45, 7) is 2.97. The van der Waals surface area contributed by atoms with E-state index in [0.29, 0.717) is 13.0 Å². The second-order valence-corrected chi connectivity index (χ2v) is 5.92. The van der Waals surface area contributed by atoms with Crippen LogP contribution in [-0.4, -0.2) is 30.7 Å². The van der Waals surface area contributed by atoms with Crippen LogP contribution >= 0.6 is 0 Å². The smallest absolute Gasteiger partial charge is 0.407 e. The van der Waals surface area contributed by atoms with Crippen LogP contribution in [-0.2, 0) is 17.8 Å². The van der Waals surface area contributed by atoms with Gasteiger partial charge in [0.2, 0.25) is 0 Å². The standard InChI is InChI=1S/C19H23N3O2/c23-19(24-15-16-7-2-1-3-8-16)20-12-11-17-9-6-10-18(21-17)22-13-4-5-14-22/h1-3,6-10H,4-5,11-15H2,(H,20,23). The van der Waals surface area contributed by atoms with Crippen molar-refractivity contribution in [2.75, 3.05) is 24.5 Å². The van der Waals surface area contributed by atoms with Crippen molar-refractivity contribution in [1.29, 1.82) is 0 Å². The second-order valence-electron chi connectivity index (χ2n) is 5.92. The number of nitrogens with one attached hydrogen (secondary N) is 1. The molecule has 1 saturated heterocycles. The first kappa shape index (κ1) is 16.3. The molecule has 0 aliphatic carbocycles. The fraction of sp³-hybridized carbons (Fsp3) is 0.368. The highest BCUT2D eigenvalue weighted by molar-refractivity contribution is 5.67. The Labute approximate surface area is 142 Å². The number of carbonyl (C=O) groups excluding carboxylic acids is 1. The largest absolute Gasteiger partial charge is 0.445 e. The molecule has 0 radical (unpaired) electrons. The normalized spacial score (nSPS) is 13.8. The Morgan fingerprint density at radius 1 is 1.08 bits per heavy atom. The maximum atomic E-state index is 11.7. The lowest BCUT2D eigenvalue weighted by Crippen LogP contribution is -2.26. The van der Waals surface area contributed by atoms with Gasteiger partial charge in [-0.05, 0) is 30.5 Å². The first-order chi connectivity index (χ1) is 11.8. The highest BCUT2D eigenvalue weighted by Gasteiger charge is 2.13. The van der Waals surface area contributed by atoms with Crippen LogP contribution in [0, 0.1) is 0 Å². The van der Waals surface area contributed by atoms with E-state index in [9.17, 15) is 4.79 Å². The van der Waals surface area contributed by atoms with Crippen LogP contribution in [0.1, 0.15) is 24.1 Å². The molecular weight excluding hydrogens is 302 g/mol. The van der Waals surface area contributed by atoms with Crippen molar-refractivity contribution >= 4 is 11.9 Å². The average Bonchev–Trinajstić information content (AvgIpc) is 3.16. The second kappa shape index (κ2) is 8.34. The van der Waals surface area contributed by atoms with Crippen molar-refractivity contribution in [2.24, 2.45) is 0 Å². The van der Waals surface area contributed by atoms with Crippen molar-refractivity contribution in [1.82, 2.24) is 10.3 Å². The molecule has 1 amide bonds. The summed E-state index contributed by atoms with van der Waals surface area (Å²) in [4.78, 5) is 18.7. The molecule has 0 spiro atoms. The van der Waals surface area contributed by atoms with E-state index in [1.54, 1.807) is 0 Å². The minimum absolute atomic E-state index is 0.287. The zero-order chi connectivity index (χ0) is 16.6. The number of alkyl carbamates (subject to hydrolysis) is 1. The molecule has 1 aromatic heterocycles. The minimum Gasteiger partial charge on any atom is -0.445 e. The van der Waals surface area contributed by atoms with Crippen LogP contribution in [0.15, 0.2) is 48.5 Å². The Morgan fingerprint density at radius 2 is 1.88 bits per heavy atom. The molecule has 0 atom stereocenters. The van der Waals surface area contributed by atoms with Crippen LogP contribution in [0.25, 0.3) is 0 Å². The van der Waals surface area contributed by atoms with Gasteiger partial charge in [-0.2, -0.15) is 0 Å². The highest BCUT2D eigenvalue weighted by atomic mass is 16.5. The summed E-state index contributed by atoms with van der Waals surface area (Å²) in [5, 5.41) is 2.78. The number of nitrogens with zero attached hydrogens (tertiary/aromatic N) is 2. The fourth-order valence-corrected chi connectivity index (χ4v) is 2.80. The third-order valence-corrected chi connectivity index (χ3v) is 4.09. The Hall–Kier alpha value is -2.56. The molecule has 5 heteroatoms. The first-order valence-electron chi connectivity index (χ1n) is 8.47. The molecule has 24 heavy (non-hydrogen) atoms. The molecule has 1 fully saturated rings. The third kappa shape index (κ3) is 4.72. The van der Waals surface area contributed by atoms with E-state index in [1.807, 2.05) is 42.5 Å². The molecule has 126 valence electrons. The molecule has 1 aromatic carbocycles. The number of ether oxygens (including phenoxy) is 1. The number of hydrogen-bond acceptors (Lipinski definition) is 4. The van der Waals surface area contributed by atoms with E-state index >= 15 is 0 Å². The monoisotopic (exact) mass is 325 g/mol. The molecule has 5 nitrogen and oxygen atoms in total. The van der Waals surface area contributed by atoms with Gasteiger partial charge in [0, 0.05) is 31.7 Å². The van der Waals surface area contributed by atoms with Crippen LogP contribution in [0.4, 0.5) is 10.6 Å². The number of benzene rings is 1. The van der Waals surface area contributed by atoms with Crippen molar-refractivity contribution < 1.29 is 9.53 Å². The summed E-state index contributed by atoms with van der Waals surface area (Å²) >= 11 is 0. The maximum Gasteiger partial charge on any atom is 0.407 e. The number of carbonyl (C=O) groups is 1. The van der Waals surface area contributed by atoms with Crippen LogP contribution in [0.2, 0.25) is 0 Å². The molecule has 2 heterocycles. The van der Waals surface area contributed by atoms with Crippen molar-refractivity contribution in [2.45, 2.75) is 25.9 Å². The fourth-order valence-electron chi connectivity index (χ4n) is 2.80. The van der Waals surface area contributed by atoms with Gasteiger partial charge in [-0.3, -0.25) is 0 Å². The van der Waals surface area contributed by atoms with Crippen LogP contribution < -0.4 is 10.2 Å². The Morgan fingerprint density at radius 3 is 2.67 bits per heavy atom. The third-order valence-electron chi connectivity index (χ3n) is 4.09. The molecular formula is C19H23N3O2. The predicted octanol–water partition coefficient (Wildman–Crippen LogP) is 3.15. The Kier molecular flexibility index (Phi) is 5.66. The summed E-state index contributed by atoms with van der Waals surface area (Å²) in [6, 6.07) is 15.7. The number of amides is 1. The van der Waals surface area contributed by atoms with E-state index in [2.05, 4.69) is 21.3 Å². The number of hydrogen-bond donors (Lipinski definition) is 1. The molecule has 1 aliphatic rings. The summed E-state index contributed by atoms with van der Waals surface area (Å²) in [7, 11) is 0. The Bertz CT molecular complexity index is 655. The molecule has 0 bridgehead atoms. The maximum absolute atomic E-state index is 11.7.